The van der Waals surface area contributed by atoms with Crippen molar-refractivity contribution >= 4 is 5.96 Å². The molecule has 158 valence electrons. The molecular weight excluding hydrogens is 366 g/mol. The Bertz CT molecular complexity index is 805. The molecular formula is C23H33N3O3. The van der Waals surface area contributed by atoms with E-state index in [2.05, 4.69) is 60.7 Å². The van der Waals surface area contributed by atoms with Crippen LogP contribution in [0.2, 0.25) is 0 Å². The molecule has 6 nitrogen and oxygen atoms in total. The number of nitrogens with zero attached hydrogens (tertiary/aromatic N) is 1. The van der Waals surface area contributed by atoms with Crippen LogP contribution in [0.5, 0.6) is 17.2 Å². The second kappa shape index (κ2) is 10.0. The lowest BCUT2D eigenvalue weighted by atomic mass is 9.84. The van der Waals surface area contributed by atoms with E-state index in [0.717, 1.165) is 18.1 Å². The molecule has 0 radical (unpaired) electrons. The summed E-state index contributed by atoms with van der Waals surface area (Å²) < 4.78 is 16.2. The van der Waals surface area contributed by atoms with Crippen molar-refractivity contribution < 1.29 is 14.2 Å². The maximum Gasteiger partial charge on any atom is 0.203 e. The Morgan fingerprint density at radius 3 is 2.00 bits per heavy atom. The minimum absolute atomic E-state index is 0.0299. The fourth-order valence-corrected chi connectivity index (χ4v) is 3.06. The van der Waals surface area contributed by atoms with Crippen LogP contribution < -0.4 is 24.8 Å². The standard InChI is InChI=1S/C23H33N3O3/c1-16-8-10-18(11-9-16)23(2,3)15-26-22(24-4)25-14-17-12-19(27-5)21(29-7)20(13-17)28-6/h8-13H,14-15H2,1-7H3,(H2,24,25,26). The number of guanidine groups is 1. The minimum Gasteiger partial charge on any atom is -0.493 e. The molecule has 0 unspecified atom stereocenters. The Balaban J connectivity index is 2.03. The van der Waals surface area contributed by atoms with Gasteiger partial charge in [0.1, 0.15) is 0 Å². The molecule has 2 aromatic carbocycles. The lowest BCUT2D eigenvalue weighted by Gasteiger charge is -2.27. The molecule has 0 heterocycles. The summed E-state index contributed by atoms with van der Waals surface area (Å²) in [5.74, 6) is 2.58. The third-order valence-corrected chi connectivity index (χ3v) is 4.94. The van der Waals surface area contributed by atoms with Crippen LogP contribution in [0.3, 0.4) is 0 Å². The van der Waals surface area contributed by atoms with Gasteiger partial charge in [-0.25, -0.2) is 0 Å². The van der Waals surface area contributed by atoms with Gasteiger partial charge in [-0.1, -0.05) is 43.7 Å². The van der Waals surface area contributed by atoms with Crippen LogP contribution in [0, 0.1) is 6.92 Å². The van der Waals surface area contributed by atoms with Crippen molar-refractivity contribution in [1.29, 1.82) is 0 Å². The summed E-state index contributed by atoms with van der Waals surface area (Å²) in [6.45, 7) is 7.87. The van der Waals surface area contributed by atoms with Crippen molar-refractivity contribution in [3.05, 3.63) is 53.1 Å². The number of aryl methyl sites for hydroxylation is 1. The fourth-order valence-electron chi connectivity index (χ4n) is 3.06. The SMILES string of the molecule is CN=C(NCc1cc(OC)c(OC)c(OC)c1)NCC(C)(C)c1ccc(C)cc1. The highest BCUT2D eigenvalue weighted by Gasteiger charge is 2.21. The zero-order chi connectivity index (χ0) is 21.4. The number of hydrogen-bond acceptors (Lipinski definition) is 4. The maximum absolute atomic E-state index is 5.42. The molecule has 0 fully saturated rings. The second-order valence-electron chi connectivity index (χ2n) is 7.56. The summed E-state index contributed by atoms with van der Waals surface area (Å²) in [7, 11) is 6.59. The van der Waals surface area contributed by atoms with Gasteiger partial charge in [-0.15, -0.1) is 0 Å². The van der Waals surface area contributed by atoms with E-state index in [9.17, 15) is 0 Å². The van der Waals surface area contributed by atoms with Crippen LogP contribution >= 0.6 is 0 Å². The van der Waals surface area contributed by atoms with Gasteiger partial charge in [0.25, 0.3) is 0 Å². The largest absolute Gasteiger partial charge is 0.493 e. The minimum atomic E-state index is -0.0299. The van der Waals surface area contributed by atoms with E-state index in [-0.39, 0.29) is 5.41 Å². The van der Waals surface area contributed by atoms with E-state index in [0.29, 0.717) is 23.8 Å². The zero-order valence-electron chi connectivity index (χ0n) is 18.6. The zero-order valence-corrected chi connectivity index (χ0v) is 18.6. The third kappa shape index (κ3) is 5.79. The smallest absolute Gasteiger partial charge is 0.203 e. The fraction of sp³-hybridized carbons (Fsp3) is 0.435. The van der Waals surface area contributed by atoms with E-state index in [4.69, 9.17) is 14.2 Å². The molecule has 0 atom stereocenters. The first kappa shape index (κ1) is 22.4. The first-order chi connectivity index (χ1) is 13.8. The molecule has 0 saturated carbocycles. The first-order valence-electron chi connectivity index (χ1n) is 9.65. The maximum atomic E-state index is 5.42. The van der Waals surface area contributed by atoms with Gasteiger partial charge in [-0.3, -0.25) is 4.99 Å². The second-order valence-corrected chi connectivity index (χ2v) is 7.56. The third-order valence-electron chi connectivity index (χ3n) is 4.94. The highest BCUT2D eigenvalue weighted by atomic mass is 16.5. The Morgan fingerprint density at radius 2 is 1.52 bits per heavy atom. The Hall–Kier alpha value is -2.89. The molecule has 0 aliphatic carbocycles. The normalized spacial score (nSPS) is 11.8. The van der Waals surface area contributed by atoms with E-state index in [1.165, 1.54) is 11.1 Å². The van der Waals surface area contributed by atoms with Gasteiger partial charge < -0.3 is 24.8 Å². The molecule has 2 N–H and O–H groups in total. The van der Waals surface area contributed by atoms with Gasteiger partial charge in [-0.2, -0.15) is 0 Å². The molecule has 0 aliphatic heterocycles. The molecule has 0 saturated heterocycles. The van der Waals surface area contributed by atoms with Gasteiger partial charge in [-0.05, 0) is 30.2 Å². The van der Waals surface area contributed by atoms with Crippen molar-refractivity contribution in [3.8, 4) is 17.2 Å². The van der Waals surface area contributed by atoms with Crippen LogP contribution in [-0.4, -0.2) is 40.9 Å². The van der Waals surface area contributed by atoms with Gasteiger partial charge in [0.05, 0.1) is 21.3 Å². The van der Waals surface area contributed by atoms with Crippen molar-refractivity contribution in [3.63, 3.8) is 0 Å². The highest BCUT2D eigenvalue weighted by molar-refractivity contribution is 5.79. The van der Waals surface area contributed by atoms with Crippen molar-refractivity contribution in [2.45, 2.75) is 32.7 Å². The number of ether oxygens (including phenoxy) is 3. The molecule has 0 aliphatic rings. The van der Waals surface area contributed by atoms with Crippen LogP contribution in [0.25, 0.3) is 0 Å². The summed E-state index contributed by atoms with van der Waals surface area (Å²) in [5.41, 5.74) is 3.52. The lowest BCUT2D eigenvalue weighted by molar-refractivity contribution is 0.323. The van der Waals surface area contributed by atoms with E-state index in [1.807, 2.05) is 12.1 Å². The number of rotatable bonds is 8. The number of methoxy groups -OCH3 is 3. The summed E-state index contributed by atoms with van der Waals surface area (Å²) in [6.07, 6.45) is 0. The Labute approximate surface area is 174 Å². The Morgan fingerprint density at radius 1 is 0.931 bits per heavy atom. The van der Waals surface area contributed by atoms with E-state index >= 15 is 0 Å². The molecule has 0 bridgehead atoms. The van der Waals surface area contributed by atoms with Crippen LogP contribution in [0.1, 0.15) is 30.5 Å². The number of aliphatic imine (C=N–C) groups is 1. The predicted octanol–water partition coefficient (Wildman–Crippen LogP) is 3.66. The average molecular weight is 400 g/mol. The molecule has 6 heteroatoms. The van der Waals surface area contributed by atoms with Crippen LogP contribution in [0.4, 0.5) is 0 Å². The summed E-state index contributed by atoms with van der Waals surface area (Å²) in [4.78, 5) is 4.34. The Kier molecular flexibility index (Phi) is 7.76. The average Bonchev–Trinajstić information content (AvgIpc) is 2.73. The predicted molar refractivity (Wildman–Crippen MR) is 119 cm³/mol. The van der Waals surface area contributed by atoms with Gasteiger partial charge in [0, 0.05) is 25.6 Å². The van der Waals surface area contributed by atoms with E-state index in [1.54, 1.807) is 28.4 Å². The number of nitrogens with one attached hydrogen (secondary N) is 2. The lowest BCUT2D eigenvalue weighted by Crippen LogP contribution is -2.43. The monoisotopic (exact) mass is 399 g/mol. The van der Waals surface area contributed by atoms with Crippen LogP contribution in [0.15, 0.2) is 41.4 Å². The van der Waals surface area contributed by atoms with Crippen molar-refractivity contribution in [2.24, 2.45) is 4.99 Å². The molecule has 0 aromatic heterocycles. The summed E-state index contributed by atoms with van der Waals surface area (Å²) in [6, 6.07) is 12.5. The molecule has 29 heavy (non-hydrogen) atoms. The van der Waals surface area contributed by atoms with Gasteiger partial charge in [0.15, 0.2) is 17.5 Å². The topological polar surface area (TPSA) is 64.1 Å². The molecule has 0 amide bonds. The van der Waals surface area contributed by atoms with E-state index < -0.39 is 0 Å². The van der Waals surface area contributed by atoms with Crippen molar-refractivity contribution in [2.75, 3.05) is 34.9 Å². The first-order valence-corrected chi connectivity index (χ1v) is 9.65. The highest BCUT2D eigenvalue weighted by Crippen LogP contribution is 2.38. The summed E-state index contributed by atoms with van der Waals surface area (Å²) in [5, 5.41) is 6.77. The molecule has 0 spiro atoms. The molecule has 2 aromatic rings. The van der Waals surface area contributed by atoms with Gasteiger partial charge in [0.2, 0.25) is 5.75 Å². The summed E-state index contributed by atoms with van der Waals surface area (Å²) >= 11 is 0. The molecule has 2 rings (SSSR count). The number of benzene rings is 2. The van der Waals surface area contributed by atoms with Crippen molar-refractivity contribution in [1.82, 2.24) is 10.6 Å². The van der Waals surface area contributed by atoms with Crippen LogP contribution in [-0.2, 0) is 12.0 Å². The number of hydrogen-bond donors (Lipinski definition) is 2. The quantitative estimate of drug-likeness (QED) is 0.524. The van der Waals surface area contributed by atoms with Gasteiger partial charge >= 0.3 is 0 Å².